The number of nitrogens with zero attached hydrogens (tertiary/aromatic N) is 4. The van der Waals surface area contributed by atoms with Crippen LogP contribution in [0.2, 0.25) is 5.02 Å². The third-order valence-electron chi connectivity index (χ3n) is 4.38. The maximum atomic E-state index is 12.9. The number of H-pyrrole nitrogens is 1. The summed E-state index contributed by atoms with van der Waals surface area (Å²) in [6.07, 6.45) is 1.80. The van der Waals surface area contributed by atoms with Crippen molar-refractivity contribution in [2.75, 3.05) is 0 Å². The van der Waals surface area contributed by atoms with Crippen molar-refractivity contribution in [3.8, 4) is 0 Å². The number of halogens is 2. The molecule has 0 aliphatic rings. The predicted octanol–water partition coefficient (Wildman–Crippen LogP) is 2.38. The molecule has 0 radical (unpaired) electrons. The Balaban J connectivity index is 1.97. The van der Waals surface area contributed by atoms with Gasteiger partial charge in [0.25, 0.3) is 5.56 Å². The number of hydrogen-bond acceptors (Lipinski definition) is 3. The second-order valence-corrected chi connectivity index (χ2v) is 6.91. The van der Waals surface area contributed by atoms with Crippen LogP contribution in [0.3, 0.4) is 0 Å². The van der Waals surface area contributed by atoms with Crippen LogP contribution in [-0.2, 0) is 20.6 Å². The van der Waals surface area contributed by atoms with Crippen molar-refractivity contribution in [2.24, 2.45) is 14.1 Å². The van der Waals surface area contributed by atoms with Gasteiger partial charge in [0.15, 0.2) is 15.9 Å². The van der Waals surface area contributed by atoms with Gasteiger partial charge in [-0.3, -0.25) is 13.9 Å². The molecule has 25 heavy (non-hydrogen) atoms. The van der Waals surface area contributed by atoms with E-state index in [4.69, 9.17) is 11.6 Å². The summed E-state index contributed by atoms with van der Waals surface area (Å²) in [6.45, 7) is 0.0875. The molecule has 0 amide bonds. The van der Waals surface area contributed by atoms with Crippen molar-refractivity contribution in [1.29, 1.82) is 0 Å². The van der Waals surface area contributed by atoms with E-state index < -0.39 is 11.2 Å². The molecule has 7 nitrogen and oxygen atoms in total. The molecule has 3 aromatic heterocycles. The summed E-state index contributed by atoms with van der Waals surface area (Å²) >= 11 is 9.75. The fourth-order valence-electron chi connectivity index (χ4n) is 2.99. The molecule has 0 aliphatic carbocycles. The Morgan fingerprint density at radius 1 is 1.20 bits per heavy atom. The lowest BCUT2D eigenvalue weighted by atomic mass is 10.1. The van der Waals surface area contributed by atoms with E-state index in [-0.39, 0.29) is 6.54 Å². The van der Waals surface area contributed by atoms with E-state index in [1.807, 2.05) is 18.2 Å². The minimum absolute atomic E-state index is 0.0875. The van der Waals surface area contributed by atoms with Gasteiger partial charge < -0.3 is 9.55 Å². The van der Waals surface area contributed by atoms with E-state index in [0.717, 1.165) is 10.9 Å². The van der Waals surface area contributed by atoms with Gasteiger partial charge in [-0.1, -0.05) is 17.7 Å². The second kappa shape index (κ2) is 5.60. The first-order valence-electron chi connectivity index (χ1n) is 7.46. The van der Waals surface area contributed by atoms with Crippen LogP contribution in [0, 0.1) is 0 Å². The van der Waals surface area contributed by atoms with Gasteiger partial charge in [-0.15, -0.1) is 0 Å². The van der Waals surface area contributed by atoms with Crippen LogP contribution in [0.5, 0.6) is 0 Å². The molecule has 128 valence electrons. The van der Waals surface area contributed by atoms with Gasteiger partial charge in [-0.05, 0) is 33.6 Å². The van der Waals surface area contributed by atoms with Crippen molar-refractivity contribution < 1.29 is 0 Å². The minimum atomic E-state index is -0.437. The summed E-state index contributed by atoms with van der Waals surface area (Å²) in [6, 6.07) is 5.56. The quantitative estimate of drug-likeness (QED) is 0.504. The van der Waals surface area contributed by atoms with E-state index in [9.17, 15) is 9.59 Å². The number of aryl methyl sites for hydroxylation is 2. The highest BCUT2D eigenvalue weighted by Gasteiger charge is 2.18. The van der Waals surface area contributed by atoms with Crippen LogP contribution in [0.4, 0.5) is 0 Å². The lowest BCUT2D eigenvalue weighted by Gasteiger charge is -2.10. The second-order valence-electron chi connectivity index (χ2n) is 5.82. The maximum absolute atomic E-state index is 12.9. The monoisotopic (exact) mass is 421 g/mol. The van der Waals surface area contributed by atoms with Gasteiger partial charge in [0.05, 0.1) is 11.6 Å². The van der Waals surface area contributed by atoms with Crippen LogP contribution in [0.15, 0.2) is 38.7 Å². The summed E-state index contributed by atoms with van der Waals surface area (Å²) < 4.78 is 4.64. The Labute approximate surface area is 154 Å². The average molecular weight is 423 g/mol. The van der Waals surface area contributed by atoms with Gasteiger partial charge in [0.2, 0.25) is 0 Å². The highest BCUT2D eigenvalue weighted by molar-refractivity contribution is 9.10. The van der Waals surface area contributed by atoms with Crippen LogP contribution < -0.4 is 11.2 Å². The molecule has 0 bridgehead atoms. The number of benzene rings is 1. The van der Waals surface area contributed by atoms with Crippen LogP contribution in [0.25, 0.3) is 22.1 Å². The van der Waals surface area contributed by atoms with Gasteiger partial charge in [-0.2, -0.15) is 0 Å². The summed E-state index contributed by atoms with van der Waals surface area (Å²) in [5.41, 5.74) is 1.46. The molecule has 0 fully saturated rings. The van der Waals surface area contributed by atoms with E-state index in [0.29, 0.717) is 26.5 Å². The molecule has 0 saturated heterocycles. The fourth-order valence-corrected chi connectivity index (χ4v) is 3.62. The van der Waals surface area contributed by atoms with E-state index in [2.05, 4.69) is 25.9 Å². The number of imidazole rings is 1. The van der Waals surface area contributed by atoms with E-state index >= 15 is 0 Å². The Morgan fingerprint density at radius 2 is 1.96 bits per heavy atom. The molecule has 1 N–H and O–H groups in total. The standard InChI is InChI=1S/C16H13BrClN5O2/c1-21-12-13(20-15(21)17)22(2)16(25)23(14(12)24)7-8-3-4-10-9(11(8)18)5-6-19-10/h3-6,19H,7H2,1-2H3. The molecule has 0 saturated carbocycles. The first kappa shape index (κ1) is 16.2. The zero-order chi connectivity index (χ0) is 17.9. The lowest BCUT2D eigenvalue weighted by molar-refractivity contribution is 0.655. The van der Waals surface area contributed by atoms with Crippen molar-refractivity contribution >= 4 is 49.6 Å². The highest BCUT2D eigenvalue weighted by atomic mass is 79.9. The highest BCUT2D eigenvalue weighted by Crippen LogP contribution is 2.27. The number of rotatable bonds is 2. The molecule has 3 heterocycles. The Bertz CT molecular complexity index is 1260. The first-order valence-corrected chi connectivity index (χ1v) is 8.63. The van der Waals surface area contributed by atoms with Crippen molar-refractivity contribution in [3.63, 3.8) is 0 Å². The number of fused-ring (bicyclic) bond motifs is 2. The molecular formula is C16H13BrClN5O2. The summed E-state index contributed by atoms with van der Waals surface area (Å²) in [5.74, 6) is 0. The molecule has 0 aliphatic heterocycles. The molecule has 9 heteroatoms. The smallest absolute Gasteiger partial charge is 0.332 e. The molecule has 0 spiro atoms. The maximum Gasteiger partial charge on any atom is 0.332 e. The molecule has 4 rings (SSSR count). The van der Waals surface area contributed by atoms with Crippen LogP contribution in [-0.4, -0.2) is 23.7 Å². The van der Waals surface area contributed by atoms with Crippen molar-refractivity contribution in [3.05, 3.63) is 60.6 Å². The largest absolute Gasteiger partial charge is 0.361 e. The van der Waals surface area contributed by atoms with Gasteiger partial charge in [0, 0.05) is 31.2 Å². The third-order valence-corrected chi connectivity index (χ3v) is 5.54. The first-order chi connectivity index (χ1) is 11.9. The van der Waals surface area contributed by atoms with E-state index in [1.165, 1.54) is 9.13 Å². The molecule has 1 aromatic carbocycles. The Morgan fingerprint density at radius 3 is 2.72 bits per heavy atom. The lowest BCUT2D eigenvalue weighted by Crippen LogP contribution is -2.39. The number of hydrogen-bond donors (Lipinski definition) is 1. The van der Waals surface area contributed by atoms with Gasteiger partial charge in [-0.25, -0.2) is 9.78 Å². The zero-order valence-electron chi connectivity index (χ0n) is 13.4. The number of aromatic nitrogens is 5. The van der Waals surface area contributed by atoms with Gasteiger partial charge >= 0.3 is 5.69 Å². The third kappa shape index (κ3) is 2.28. The predicted molar refractivity (Wildman–Crippen MR) is 100 cm³/mol. The SMILES string of the molecule is Cn1c(Br)nc2c1c(=O)n(Cc1ccc3[nH]ccc3c1Cl)c(=O)n2C. The summed E-state index contributed by atoms with van der Waals surface area (Å²) in [7, 11) is 3.31. The van der Waals surface area contributed by atoms with Crippen LogP contribution >= 0.6 is 27.5 Å². The molecule has 0 atom stereocenters. The topological polar surface area (TPSA) is 77.6 Å². The number of aromatic amines is 1. The molecule has 4 aromatic rings. The number of nitrogens with one attached hydrogen (secondary N) is 1. The van der Waals surface area contributed by atoms with Crippen LogP contribution in [0.1, 0.15) is 5.56 Å². The minimum Gasteiger partial charge on any atom is -0.361 e. The van der Waals surface area contributed by atoms with Crippen molar-refractivity contribution in [2.45, 2.75) is 6.54 Å². The summed E-state index contributed by atoms with van der Waals surface area (Å²) in [4.78, 5) is 32.9. The van der Waals surface area contributed by atoms with Gasteiger partial charge in [0.1, 0.15) is 0 Å². The Hall–Kier alpha value is -2.32. The average Bonchev–Trinajstić information content (AvgIpc) is 3.17. The molecule has 0 unspecified atom stereocenters. The Kier molecular flexibility index (Phi) is 3.62. The van der Waals surface area contributed by atoms with Crippen molar-refractivity contribution in [1.82, 2.24) is 23.7 Å². The molecular weight excluding hydrogens is 410 g/mol. The summed E-state index contributed by atoms with van der Waals surface area (Å²) in [5, 5.41) is 1.38. The fraction of sp³-hybridized carbons (Fsp3) is 0.188. The zero-order valence-corrected chi connectivity index (χ0v) is 15.7. The van der Waals surface area contributed by atoms with E-state index in [1.54, 1.807) is 24.9 Å². The normalized spacial score (nSPS) is 11.7.